The number of halogens is 4. The molecule has 2 aromatic rings. The van der Waals surface area contributed by atoms with Gasteiger partial charge in [0.05, 0.1) is 12.5 Å². The molecule has 166 valence electrons. The summed E-state index contributed by atoms with van der Waals surface area (Å²) in [6, 6.07) is 10.3. The van der Waals surface area contributed by atoms with Crippen LogP contribution in [0.25, 0.3) is 0 Å². The maximum absolute atomic E-state index is 12.1. The Morgan fingerprint density at radius 2 is 1.65 bits per heavy atom. The molecule has 0 aromatic heterocycles. The van der Waals surface area contributed by atoms with Crippen LogP contribution in [0.2, 0.25) is 5.02 Å². The normalized spacial score (nSPS) is 11.9. The molecule has 0 spiro atoms. The molecule has 0 heterocycles. The van der Waals surface area contributed by atoms with Crippen LogP contribution in [0.5, 0.6) is 5.75 Å². The van der Waals surface area contributed by atoms with Crippen LogP contribution >= 0.6 is 11.6 Å². The van der Waals surface area contributed by atoms with Gasteiger partial charge in [0.15, 0.2) is 6.61 Å². The number of esters is 1. The number of rotatable bonds is 8. The van der Waals surface area contributed by atoms with Gasteiger partial charge in [0, 0.05) is 17.6 Å². The first kappa shape index (κ1) is 24.0. The zero-order chi connectivity index (χ0) is 23.0. The van der Waals surface area contributed by atoms with Crippen LogP contribution in [0.15, 0.2) is 48.5 Å². The van der Waals surface area contributed by atoms with Crippen molar-refractivity contribution in [2.75, 3.05) is 11.9 Å². The molecular formula is C20H18ClF3N2O5. The van der Waals surface area contributed by atoms with Crippen molar-refractivity contribution < 1.29 is 37.0 Å². The van der Waals surface area contributed by atoms with Crippen molar-refractivity contribution >= 4 is 35.1 Å². The molecule has 0 saturated carbocycles. The van der Waals surface area contributed by atoms with Crippen LogP contribution < -0.4 is 15.4 Å². The van der Waals surface area contributed by atoms with Gasteiger partial charge in [-0.1, -0.05) is 23.7 Å². The maximum Gasteiger partial charge on any atom is 0.573 e. The first-order chi connectivity index (χ1) is 14.5. The summed E-state index contributed by atoms with van der Waals surface area (Å²) in [5.41, 5.74) is 0.815. The summed E-state index contributed by atoms with van der Waals surface area (Å²) in [5.74, 6) is -2.23. The molecule has 2 N–H and O–H groups in total. The predicted molar refractivity (Wildman–Crippen MR) is 105 cm³/mol. The fraction of sp³-hybridized carbons (Fsp3) is 0.250. The third-order valence-electron chi connectivity index (χ3n) is 3.76. The minimum Gasteiger partial charge on any atom is -0.455 e. The van der Waals surface area contributed by atoms with Crippen LogP contribution in [0, 0.1) is 0 Å². The van der Waals surface area contributed by atoms with Crippen molar-refractivity contribution in [3.05, 3.63) is 59.1 Å². The van der Waals surface area contributed by atoms with Crippen LogP contribution in [0.1, 0.15) is 24.9 Å². The second kappa shape index (κ2) is 10.7. The number of alkyl halides is 3. The summed E-state index contributed by atoms with van der Waals surface area (Å²) in [4.78, 5) is 35.4. The number of carbonyl (C=O) groups excluding carboxylic acids is 3. The minimum absolute atomic E-state index is 0.188. The molecule has 2 rings (SSSR count). The Morgan fingerprint density at radius 3 is 2.19 bits per heavy atom. The van der Waals surface area contributed by atoms with E-state index in [1.54, 1.807) is 24.3 Å². The van der Waals surface area contributed by atoms with Crippen LogP contribution in [0.4, 0.5) is 18.9 Å². The fourth-order valence-corrected chi connectivity index (χ4v) is 2.63. The van der Waals surface area contributed by atoms with E-state index in [1.807, 2.05) is 0 Å². The first-order valence-corrected chi connectivity index (χ1v) is 9.23. The molecule has 2 aromatic carbocycles. The van der Waals surface area contributed by atoms with Gasteiger partial charge in [-0.05, 0) is 42.0 Å². The van der Waals surface area contributed by atoms with Gasteiger partial charge in [-0.15, -0.1) is 13.2 Å². The second-order valence-electron chi connectivity index (χ2n) is 6.29. The zero-order valence-electron chi connectivity index (χ0n) is 16.2. The molecule has 1 atom stereocenters. The zero-order valence-corrected chi connectivity index (χ0v) is 16.9. The number of anilines is 1. The van der Waals surface area contributed by atoms with E-state index in [9.17, 15) is 27.6 Å². The van der Waals surface area contributed by atoms with Gasteiger partial charge in [0.1, 0.15) is 5.75 Å². The topological polar surface area (TPSA) is 93.7 Å². The molecule has 1 unspecified atom stereocenters. The molecule has 31 heavy (non-hydrogen) atoms. The number of hydrogen-bond acceptors (Lipinski definition) is 5. The minimum atomic E-state index is -4.82. The van der Waals surface area contributed by atoms with Crippen molar-refractivity contribution in [2.45, 2.75) is 25.7 Å². The van der Waals surface area contributed by atoms with E-state index in [4.69, 9.17) is 16.3 Å². The number of benzene rings is 2. The Bertz CT molecular complexity index is 918. The molecule has 2 amide bonds. The van der Waals surface area contributed by atoms with Crippen molar-refractivity contribution in [3.8, 4) is 5.75 Å². The van der Waals surface area contributed by atoms with Crippen LogP contribution in [-0.2, 0) is 19.1 Å². The lowest BCUT2D eigenvalue weighted by Gasteiger charge is -2.17. The van der Waals surface area contributed by atoms with Gasteiger partial charge in [0.2, 0.25) is 5.91 Å². The number of carbonyl (C=O) groups is 3. The first-order valence-electron chi connectivity index (χ1n) is 8.85. The van der Waals surface area contributed by atoms with E-state index in [2.05, 4.69) is 15.4 Å². The van der Waals surface area contributed by atoms with Crippen molar-refractivity contribution in [1.82, 2.24) is 5.32 Å². The summed E-state index contributed by atoms with van der Waals surface area (Å²) in [7, 11) is 0. The molecule has 7 nitrogen and oxygen atoms in total. The van der Waals surface area contributed by atoms with Gasteiger partial charge in [0.25, 0.3) is 5.91 Å². The summed E-state index contributed by atoms with van der Waals surface area (Å²) in [5, 5.41) is 5.48. The largest absolute Gasteiger partial charge is 0.573 e. The van der Waals surface area contributed by atoms with E-state index in [1.165, 1.54) is 19.1 Å². The standard InChI is InChI=1S/C20H18ClF3N2O5/c1-12(27)25-17(13-2-4-14(21)5-3-13)10-19(29)30-11-18(28)26-15-6-8-16(9-7-15)31-20(22,23)24/h2-9,17H,10-11H2,1H3,(H,25,27)(H,26,28). The number of amides is 2. The molecule has 0 aliphatic carbocycles. The lowest BCUT2D eigenvalue weighted by atomic mass is 10.0. The smallest absolute Gasteiger partial charge is 0.455 e. The molecule has 0 bridgehead atoms. The van der Waals surface area contributed by atoms with Gasteiger partial charge in [-0.3, -0.25) is 14.4 Å². The predicted octanol–water partition coefficient (Wildman–Crippen LogP) is 3.99. The highest BCUT2D eigenvalue weighted by Gasteiger charge is 2.31. The average molecular weight is 459 g/mol. The molecule has 11 heteroatoms. The van der Waals surface area contributed by atoms with E-state index >= 15 is 0 Å². The Hall–Kier alpha value is -3.27. The van der Waals surface area contributed by atoms with E-state index in [-0.39, 0.29) is 18.0 Å². The molecule has 0 saturated heterocycles. The molecular weight excluding hydrogens is 441 g/mol. The third kappa shape index (κ3) is 8.95. The summed E-state index contributed by atoms with van der Waals surface area (Å²) >= 11 is 5.84. The Labute approximate surface area is 180 Å². The van der Waals surface area contributed by atoms with Crippen molar-refractivity contribution in [2.24, 2.45) is 0 Å². The summed E-state index contributed by atoms with van der Waals surface area (Å²) in [6.07, 6.45) is -5.04. The number of nitrogens with one attached hydrogen (secondary N) is 2. The average Bonchev–Trinajstić information content (AvgIpc) is 2.66. The monoisotopic (exact) mass is 458 g/mol. The molecule has 0 aliphatic heterocycles. The highest BCUT2D eigenvalue weighted by molar-refractivity contribution is 6.30. The Morgan fingerprint density at radius 1 is 1.03 bits per heavy atom. The summed E-state index contributed by atoms with van der Waals surface area (Å²) in [6.45, 7) is 0.680. The van der Waals surface area contributed by atoms with Gasteiger partial charge in [-0.2, -0.15) is 0 Å². The second-order valence-corrected chi connectivity index (χ2v) is 6.73. The highest BCUT2D eigenvalue weighted by Crippen LogP contribution is 2.24. The Balaban J connectivity index is 1.86. The summed E-state index contributed by atoms with van der Waals surface area (Å²) < 4.78 is 45.1. The highest BCUT2D eigenvalue weighted by atomic mass is 35.5. The van der Waals surface area contributed by atoms with Crippen LogP contribution in [-0.4, -0.2) is 30.8 Å². The van der Waals surface area contributed by atoms with E-state index in [0.29, 0.717) is 10.6 Å². The Kier molecular flexibility index (Phi) is 8.26. The van der Waals surface area contributed by atoms with Crippen molar-refractivity contribution in [3.63, 3.8) is 0 Å². The van der Waals surface area contributed by atoms with Gasteiger partial charge < -0.3 is 20.1 Å². The maximum atomic E-state index is 12.1. The quantitative estimate of drug-likeness (QED) is 0.583. The lowest BCUT2D eigenvalue weighted by molar-refractivity contribution is -0.274. The van der Waals surface area contributed by atoms with Crippen molar-refractivity contribution in [1.29, 1.82) is 0 Å². The SMILES string of the molecule is CC(=O)NC(CC(=O)OCC(=O)Nc1ccc(OC(F)(F)F)cc1)c1ccc(Cl)cc1. The third-order valence-corrected chi connectivity index (χ3v) is 4.01. The van der Waals surface area contributed by atoms with Crippen LogP contribution in [0.3, 0.4) is 0 Å². The van der Waals surface area contributed by atoms with E-state index < -0.39 is 36.6 Å². The number of ether oxygens (including phenoxy) is 2. The van der Waals surface area contributed by atoms with E-state index in [0.717, 1.165) is 12.1 Å². The fourth-order valence-electron chi connectivity index (χ4n) is 2.50. The molecule has 0 aliphatic rings. The lowest BCUT2D eigenvalue weighted by Crippen LogP contribution is -2.29. The van der Waals surface area contributed by atoms with Gasteiger partial charge in [-0.25, -0.2) is 0 Å². The number of hydrogen-bond donors (Lipinski definition) is 2. The molecule has 0 fully saturated rings. The molecule has 0 radical (unpaired) electrons. The van der Waals surface area contributed by atoms with Gasteiger partial charge >= 0.3 is 12.3 Å².